The van der Waals surface area contributed by atoms with Gasteiger partial charge in [-0.2, -0.15) is 9.97 Å². The van der Waals surface area contributed by atoms with E-state index in [-0.39, 0.29) is 12.1 Å². The second-order valence-corrected chi connectivity index (χ2v) is 9.19. The van der Waals surface area contributed by atoms with Gasteiger partial charge in [-0.1, -0.05) is 30.3 Å². The molecule has 0 bridgehead atoms. The zero-order valence-electron chi connectivity index (χ0n) is 19.1. The quantitative estimate of drug-likeness (QED) is 0.535. The van der Waals surface area contributed by atoms with E-state index in [0.29, 0.717) is 24.6 Å². The summed E-state index contributed by atoms with van der Waals surface area (Å²) in [6.45, 7) is 9.36. The lowest BCUT2D eigenvalue weighted by Crippen LogP contribution is -2.50. The third kappa shape index (κ3) is 4.85. The van der Waals surface area contributed by atoms with Crippen LogP contribution in [-0.4, -0.2) is 34.1 Å². The largest absolute Gasteiger partial charge is 0.364 e. The minimum Gasteiger partial charge on any atom is -0.364 e. The third-order valence-electron chi connectivity index (χ3n) is 5.99. The standard InChI is InChI=1S/C23H36N8/c1-15(2)30-20-21(25-14-17-8-6-5-7-9-17)27-23(26-19-12-10-18(24)11-13-19)28-22(20)31(29-30)16(3)4/h5-9,15-16,18-19,29H,10-14,24H2,1-4H3,(H2,25,26,27,28). The fourth-order valence-electron chi connectivity index (χ4n) is 4.20. The Bertz CT molecular complexity index is 861. The molecule has 168 valence electrons. The average molecular weight is 425 g/mol. The molecule has 0 radical (unpaired) electrons. The maximum Gasteiger partial charge on any atom is 0.227 e. The van der Waals surface area contributed by atoms with E-state index in [0.717, 1.165) is 43.0 Å². The fourth-order valence-corrected chi connectivity index (χ4v) is 4.20. The number of rotatable bonds is 7. The highest BCUT2D eigenvalue weighted by Gasteiger charge is 2.35. The van der Waals surface area contributed by atoms with Gasteiger partial charge in [0.05, 0.1) is 0 Å². The Hall–Kier alpha value is -2.58. The molecular weight excluding hydrogens is 388 g/mol. The third-order valence-corrected chi connectivity index (χ3v) is 5.99. The minimum atomic E-state index is 0.250. The van der Waals surface area contributed by atoms with E-state index in [1.165, 1.54) is 5.56 Å². The highest BCUT2D eigenvalue weighted by Crippen LogP contribution is 2.40. The van der Waals surface area contributed by atoms with E-state index in [1.807, 2.05) is 6.07 Å². The molecule has 0 saturated heterocycles. The number of hydrogen-bond acceptors (Lipinski definition) is 8. The molecule has 1 fully saturated rings. The maximum atomic E-state index is 6.09. The number of anilines is 4. The molecule has 1 aliphatic heterocycles. The Labute approximate surface area is 185 Å². The molecule has 2 aromatic rings. The van der Waals surface area contributed by atoms with Crippen molar-refractivity contribution >= 4 is 23.3 Å². The smallest absolute Gasteiger partial charge is 0.227 e. The van der Waals surface area contributed by atoms with Crippen LogP contribution in [0.25, 0.3) is 0 Å². The number of nitrogens with one attached hydrogen (secondary N) is 3. The number of nitrogens with two attached hydrogens (primary N) is 1. The second-order valence-electron chi connectivity index (χ2n) is 9.19. The summed E-state index contributed by atoms with van der Waals surface area (Å²) in [5.74, 6) is 2.42. The van der Waals surface area contributed by atoms with E-state index in [2.05, 4.69) is 78.1 Å². The minimum absolute atomic E-state index is 0.250. The highest BCUT2D eigenvalue weighted by atomic mass is 15.8. The van der Waals surface area contributed by atoms with Gasteiger partial charge in [-0.25, -0.2) is 0 Å². The first-order chi connectivity index (χ1) is 14.9. The van der Waals surface area contributed by atoms with Crippen molar-refractivity contribution in [1.82, 2.24) is 15.5 Å². The molecule has 1 aromatic heterocycles. The van der Waals surface area contributed by atoms with Crippen LogP contribution >= 0.6 is 0 Å². The fraction of sp³-hybridized carbons (Fsp3) is 0.565. The molecule has 0 spiro atoms. The summed E-state index contributed by atoms with van der Waals surface area (Å²) in [5.41, 5.74) is 11.8. The van der Waals surface area contributed by atoms with Crippen LogP contribution in [0.2, 0.25) is 0 Å². The summed E-state index contributed by atoms with van der Waals surface area (Å²) in [5, 5.41) is 11.4. The zero-order chi connectivity index (χ0) is 22.0. The SMILES string of the molecule is CC(C)N1NN(C(C)C)c2c(NCc3ccccc3)nc(NC3CCC(N)CC3)nc21. The van der Waals surface area contributed by atoms with Gasteiger partial charge in [-0.05, 0) is 58.9 Å². The lowest BCUT2D eigenvalue weighted by molar-refractivity contribution is 0.410. The number of hydrazine groups is 2. The molecule has 4 rings (SSSR count). The molecule has 0 atom stereocenters. The van der Waals surface area contributed by atoms with Crippen LogP contribution in [0.3, 0.4) is 0 Å². The van der Waals surface area contributed by atoms with Crippen molar-refractivity contribution in [2.24, 2.45) is 5.73 Å². The Morgan fingerprint density at radius 2 is 1.68 bits per heavy atom. The van der Waals surface area contributed by atoms with Crippen molar-refractivity contribution in [2.45, 2.75) is 84.1 Å². The van der Waals surface area contributed by atoms with Gasteiger partial charge >= 0.3 is 0 Å². The van der Waals surface area contributed by atoms with Gasteiger partial charge in [0.1, 0.15) is 5.69 Å². The summed E-state index contributed by atoms with van der Waals surface area (Å²) < 4.78 is 0. The van der Waals surface area contributed by atoms with E-state index in [1.54, 1.807) is 0 Å². The van der Waals surface area contributed by atoms with Crippen LogP contribution in [0.1, 0.15) is 58.9 Å². The Morgan fingerprint density at radius 3 is 2.32 bits per heavy atom. The summed E-state index contributed by atoms with van der Waals surface area (Å²) in [4.78, 5) is 9.87. The zero-order valence-corrected chi connectivity index (χ0v) is 19.1. The molecule has 8 nitrogen and oxygen atoms in total. The molecule has 0 amide bonds. The number of fused-ring (bicyclic) bond motifs is 1. The monoisotopic (exact) mass is 424 g/mol. The van der Waals surface area contributed by atoms with Crippen molar-refractivity contribution in [3.63, 3.8) is 0 Å². The van der Waals surface area contributed by atoms with Crippen LogP contribution in [-0.2, 0) is 6.54 Å². The molecule has 5 N–H and O–H groups in total. The lowest BCUT2D eigenvalue weighted by Gasteiger charge is -2.27. The van der Waals surface area contributed by atoms with Crippen LogP contribution in [0.4, 0.5) is 23.3 Å². The average Bonchev–Trinajstić information content (AvgIpc) is 3.15. The Morgan fingerprint density at radius 1 is 1.00 bits per heavy atom. The van der Waals surface area contributed by atoms with Gasteiger partial charge in [-0.3, -0.25) is 10.0 Å². The molecule has 2 aliphatic rings. The summed E-state index contributed by atoms with van der Waals surface area (Å²) in [7, 11) is 0. The van der Waals surface area contributed by atoms with Gasteiger partial charge < -0.3 is 16.4 Å². The molecule has 8 heteroatoms. The van der Waals surface area contributed by atoms with Crippen LogP contribution < -0.4 is 31.9 Å². The molecule has 1 aromatic carbocycles. The van der Waals surface area contributed by atoms with Gasteiger partial charge in [0.2, 0.25) is 5.95 Å². The number of aromatic nitrogens is 2. The Balaban J connectivity index is 1.66. The van der Waals surface area contributed by atoms with Crippen molar-refractivity contribution in [3.8, 4) is 0 Å². The highest BCUT2D eigenvalue weighted by molar-refractivity contribution is 5.83. The van der Waals surface area contributed by atoms with Crippen LogP contribution in [0.5, 0.6) is 0 Å². The van der Waals surface area contributed by atoms with Gasteiger partial charge in [0.15, 0.2) is 11.6 Å². The van der Waals surface area contributed by atoms with E-state index in [9.17, 15) is 0 Å². The van der Waals surface area contributed by atoms with Gasteiger partial charge in [0, 0.05) is 30.7 Å². The normalized spacial score (nSPS) is 21.0. The van der Waals surface area contributed by atoms with E-state index < -0.39 is 0 Å². The van der Waals surface area contributed by atoms with Crippen molar-refractivity contribution in [1.29, 1.82) is 0 Å². The molecule has 2 heterocycles. The lowest BCUT2D eigenvalue weighted by atomic mass is 9.92. The molecule has 1 aliphatic carbocycles. The Kier molecular flexibility index (Phi) is 6.48. The first-order valence-electron chi connectivity index (χ1n) is 11.5. The van der Waals surface area contributed by atoms with E-state index >= 15 is 0 Å². The van der Waals surface area contributed by atoms with Crippen molar-refractivity contribution in [3.05, 3.63) is 35.9 Å². The molecule has 31 heavy (non-hydrogen) atoms. The van der Waals surface area contributed by atoms with Crippen LogP contribution in [0, 0.1) is 0 Å². The number of nitrogens with zero attached hydrogens (tertiary/aromatic N) is 4. The maximum absolute atomic E-state index is 6.09. The van der Waals surface area contributed by atoms with Gasteiger partial charge in [0.25, 0.3) is 0 Å². The van der Waals surface area contributed by atoms with Crippen molar-refractivity contribution < 1.29 is 0 Å². The summed E-state index contributed by atoms with van der Waals surface area (Å²) in [6.07, 6.45) is 4.20. The number of benzene rings is 1. The van der Waals surface area contributed by atoms with Crippen LogP contribution in [0.15, 0.2) is 30.3 Å². The topological polar surface area (TPSA) is 94.4 Å². The first kappa shape index (κ1) is 21.6. The molecular formula is C23H36N8. The van der Waals surface area contributed by atoms with Crippen molar-refractivity contribution in [2.75, 3.05) is 20.7 Å². The first-order valence-corrected chi connectivity index (χ1v) is 11.5. The van der Waals surface area contributed by atoms with Gasteiger partial charge in [-0.15, -0.1) is 5.53 Å². The predicted octanol–water partition coefficient (Wildman–Crippen LogP) is 3.63. The second kappa shape index (κ2) is 9.28. The van der Waals surface area contributed by atoms with E-state index in [4.69, 9.17) is 15.7 Å². The summed E-state index contributed by atoms with van der Waals surface area (Å²) in [6, 6.07) is 11.6. The number of hydrogen-bond donors (Lipinski definition) is 4. The predicted molar refractivity (Wildman–Crippen MR) is 128 cm³/mol. The molecule has 0 unspecified atom stereocenters. The molecule has 1 saturated carbocycles. The summed E-state index contributed by atoms with van der Waals surface area (Å²) >= 11 is 0.